The second-order valence-electron chi connectivity index (χ2n) is 8.15. The first-order chi connectivity index (χ1) is 18.1. The third-order valence-electron chi connectivity index (χ3n) is 5.32. The molecule has 0 spiro atoms. The lowest BCUT2D eigenvalue weighted by Gasteiger charge is -2.28. The van der Waals surface area contributed by atoms with E-state index in [0.717, 1.165) is 6.42 Å². The Bertz CT molecular complexity index is 1190. The molecule has 1 aromatic carbocycles. The highest BCUT2D eigenvalue weighted by Crippen LogP contribution is 2.38. The smallest absolute Gasteiger partial charge is 0.427 e. The van der Waals surface area contributed by atoms with Crippen LogP contribution >= 0.6 is 27.3 Å². The summed E-state index contributed by atoms with van der Waals surface area (Å²) < 4.78 is 64.7. The fraction of sp³-hybridized carbons (Fsp3) is 0.458. The second-order valence-corrected chi connectivity index (χ2v) is 10.0. The lowest BCUT2D eigenvalue weighted by molar-refractivity contribution is -0.139. The van der Waals surface area contributed by atoms with Crippen LogP contribution < -0.4 is 10.6 Å². The van der Waals surface area contributed by atoms with Crippen molar-refractivity contribution in [3.63, 3.8) is 0 Å². The Hall–Kier alpha value is -2.39. The van der Waals surface area contributed by atoms with Crippen molar-refractivity contribution in [1.82, 2.24) is 15.6 Å². The third-order valence-corrected chi connectivity index (χ3v) is 7.06. The number of nitrogens with one attached hydrogen (secondary N) is 2. The van der Waals surface area contributed by atoms with Gasteiger partial charge in [0.25, 0.3) is 0 Å². The lowest BCUT2D eigenvalue weighted by atomic mass is 9.95. The van der Waals surface area contributed by atoms with Gasteiger partial charge < -0.3 is 25.2 Å². The molecule has 0 radical (unpaired) electrons. The maximum absolute atomic E-state index is 13.9. The van der Waals surface area contributed by atoms with Gasteiger partial charge in [-0.2, -0.15) is 13.2 Å². The van der Waals surface area contributed by atoms with Gasteiger partial charge in [-0.1, -0.05) is 28.9 Å². The SMILES string of the molecule is CCCOCC(CO)NCC1=C(C(=O)OCC)C(c2ccc(F)cc2Br)N=C(c2ncc(C(F)(F)F)s2)N1. The molecule has 3 N–H and O–H groups in total. The first-order valence-electron chi connectivity index (χ1n) is 11.7. The van der Waals surface area contributed by atoms with Crippen molar-refractivity contribution in [3.8, 4) is 0 Å². The zero-order valence-electron chi connectivity index (χ0n) is 20.6. The molecule has 2 unspecified atom stereocenters. The highest BCUT2D eigenvalue weighted by Gasteiger charge is 2.37. The van der Waals surface area contributed by atoms with Crippen LogP contribution in [0.25, 0.3) is 0 Å². The van der Waals surface area contributed by atoms with E-state index in [2.05, 4.69) is 36.5 Å². The molecule has 208 valence electrons. The molecule has 8 nitrogen and oxygen atoms in total. The van der Waals surface area contributed by atoms with Crippen molar-refractivity contribution in [2.75, 3.05) is 33.0 Å². The lowest BCUT2D eigenvalue weighted by Crippen LogP contribution is -2.43. The van der Waals surface area contributed by atoms with Gasteiger partial charge >= 0.3 is 12.1 Å². The molecule has 0 bridgehead atoms. The Morgan fingerprint density at radius 1 is 1.34 bits per heavy atom. The molecule has 14 heteroatoms. The maximum Gasteiger partial charge on any atom is 0.427 e. The molecule has 3 rings (SSSR count). The molecular formula is C24H27BrF4N4O4S. The van der Waals surface area contributed by atoms with Crippen molar-refractivity contribution < 1.29 is 36.9 Å². The van der Waals surface area contributed by atoms with Gasteiger partial charge in [0, 0.05) is 23.3 Å². The molecule has 0 amide bonds. The van der Waals surface area contributed by atoms with Crippen LogP contribution in [0.15, 0.2) is 45.1 Å². The number of esters is 1. The summed E-state index contributed by atoms with van der Waals surface area (Å²) in [5.74, 6) is -1.24. The fourth-order valence-electron chi connectivity index (χ4n) is 3.55. The summed E-state index contributed by atoms with van der Waals surface area (Å²) in [7, 11) is 0. The second kappa shape index (κ2) is 13.6. The number of halogens is 5. The molecule has 2 atom stereocenters. The normalized spacial score (nSPS) is 16.7. The van der Waals surface area contributed by atoms with E-state index in [1.807, 2.05) is 6.92 Å². The van der Waals surface area contributed by atoms with Gasteiger partial charge in [0.1, 0.15) is 16.7 Å². The van der Waals surface area contributed by atoms with Crippen LogP contribution in [0.3, 0.4) is 0 Å². The van der Waals surface area contributed by atoms with Gasteiger partial charge in [-0.15, -0.1) is 11.3 Å². The van der Waals surface area contributed by atoms with Crippen LogP contribution in [-0.4, -0.2) is 60.9 Å². The standard InChI is InChI=1S/C24H27BrF4N4O4S/c1-3-7-36-12-14(11-34)30-9-17-19(23(35)37-4-2)20(15-6-5-13(26)8-16(15)25)33-21(32-17)22-31-10-18(38-22)24(27,28)29/h5-6,8,10,14,20,30,34H,3-4,7,9,11-12H2,1-2H3,(H,32,33). The van der Waals surface area contributed by atoms with Gasteiger partial charge in [-0.25, -0.2) is 14.2 Å². The van der Waals surface area contributed by atoms with E-state index in [1.54, 1.807) is 6.92 Å². The minimum Gasteiger partial charge on any atom is -0.463 e. The largest absolute Gasteiger partial charge is 0.463 e. The topological polar surface area (TPSA) is 105 Å². The molecular weight excluding hydrogens is 596 g/mol. The zero-order chi connectivity index (χ0) is 27.9. The number of aliphatic hydroxyl groups is 1. The molecule has 2 aromatic rings. The number of carbonyl (C=O) groups excluding carboxylic acids is 1. The van der Waals surface area contributed by atoms with Crippen LogP contribution in [0.2, 0.25) is 0 Å². The number of thiazole rings is 1. The van der Waals surface area contributed by atoms with Crippen LogP contribution in [0.4, 0.5) is 17.6 Å². The Morgan fingerprint density at radius 3 is 2.71 bits per heavy atom. The summed E-state index contributed by atoms with van der Waals surface area (Å²) in [5, 5.41) is 15.7. The molecule has 38 heavy (non-hydrogen) atoms. The van der Waals surface area contributed by atoms with Gasteiger partial charge in [0.15, 0.2) is 10.8 Å². The molecule has 1 aromatic heterocycles. The van der Waals surface area contributed by atoms with E-state index in [9.17, 15) is 27.5 Å². The number of carbonyl (C=O) groups is 1. The Kier molecular flexibility index (Phi) is 10.8. The Labute approximate surface area is 229 Å². The Morgan fingerprint density at radius 2 is 2.11 bits per heavy atom. The fourth-order valence-corrected chi connectivity index (χ4v) is 4.85. The van der Waals surface area contributed by atoms with Crippen molar-refractivity contribution >= 4 is 39.1 Å². The number of aromatic nitrogens is 1. The van der Waals surface area contributed by atoms with E-state index < -0.39 is 34.9 Å². The van der Waals surface area contributed by atoms with Crippen LogP contribution in [-0.2, 0) is 20.4 Å². The Balaban J connectivity index is 2.07. The number of benzene rings is 1. The van der Waals surface area contributed by atoms with E-state index in [0.29, 0.717) is 34.2 Å². The summed E-state index contributed by atoms with van der Waals surface area (Å²) in [6.07, 6.45) is -3.09. The predicted octanol–water partition coefficient (Wildman–Crippen LogP) is 4.35. The van der Waals surface area contributed by atoms with E-state index in [1.165, 1.54) is 18.2 Å². The average Bonchev–Trinajstić information content (AvgIpc) is 3.37. The summed E-state index contributed by atoms with van der Waals surface area (Å²) in [6.45, 7) is 4.05. The molecule has 1 aliphatic rings. The van der Waals surface area contributed by atoms with Gasteiger partial charge in [0.05, 0.1) is 37.6 Å². The number of aliphatic hydroxyl groups excluding tert-OH is 1. The summed E-state index contributed by atoms with van der Waals surface area (Å²) >= 11 is 3.70. The third kappa shape index (κ3) is 7.59. The number of amidine groups is 1. The van der Waals surface area contributed by atoms with Gasteiger partial charge in [0.2, 0.25) is 0 Å². The monoisotopic (exact) mass is 622 g/mol. The molecule has 2 heterocycles. The van der Waals surface area contributed by atoms with Gasteiger partial charge in [-0.05, 0) is 31.0 Å². The van der Waals surface area contributed by atoms with Crippen LogP contribution in [0, 0.1) is 5.82 Å². The first kappa shape index (κ1) is 30.2. The highest BCUT2D eigenvalue weighted by molar-refractivity contribution is 9.10. The molecule has 0 saturated heterocycles. The highest BCUT2D eigenvalue weighted by atomic mass is 79.9. The van der Waals surface area contributed by atoms with Crippen molar-refractivity contribution in [3.05, 3.63) is 61.4 Å². The minimum absolute atomic E-state index is 0.000597. The first-order valence-corrected chi connectivity index (χ1v) is 13.3. The number of alkyl halides is 3. The van der Waals surface area contributed by atoms with E-state index >= 15 is 0 Å². The van der Waals surface area contributed by atoms with E-state index in [4.69, 9.17) is 9.47 Å². The van der Waals surface area contributed by atoms with Crippen molar-refractivity contribution in [1.29, 1.82) is 0 Å². The number of aliphatic imine (C=N–C) groups is 1. The van der Waals surface area contributed by atoms with Gasteiger partial charge in [-0.3, -0.25) is 4.99 Å². The van der Waals surface area contributed by atoms with Crippen LogP contribution in [0.5, 0.6) is 0 Å². The summed E-state index contributed by atoms with van der Waals surface area (Å²) in [4.78, 5) is 20.6. The minimum atomic E-state index is -4.59. The number of nitrogens with zero attached hydrogens (tertiary/aromatic N) is 2. The number of hydrogen-bond acceptors (Lipinski definition) is 9. The van der Waals surface area contributed by atoms with Crippen molar-refractivity contribution in [2.24, 2.45) is 4.99 Å². The molecule has 0 saturated carbocycles. The quantitative estimate of drug-likeness (QED) is 0.184. The summed E-state index contributed by atoms with van der Waals surface area (Å²) in [6, 6.07) is 2.27. The molecule has 1 aliphatic heterocycles. The molecule has 0 fully saturated rings. The number of hydrogen-bond donors (Lipinski definition) is 3. The zero-order valence-corrected chi connectivity index (χ0v) is 23.0. The number of ether oxygens (including phenoxy) is 2. The van der Waals surface area contributed by atoms with E-state index in [-0.39, 0.29) is 48.5 Å². The van der Waals surface area contributed by atoms with Crippen LogP contribution in [0.1, 0.15) is 41.8 Å². The average molecular weight is 623 g/mol. The summed E-state index contributed by atoms with van der Waals surface area (Å²) in [5.41, 5.74) is 0.727. The number of rotatable bonds is 12. The maximum atomic E-state index is 13.9. The predicted molar refractivity (Wildman–Crippen MR) is 137 cm³/mol. The van der Waals surface area contributed by atoms with Crippen molar-refractivity contribution in [2.45, 2.75) is 38.5 Å². The molecule has 0 aliphatic carbocycles.